The maximum atomic E-state index is 13.0. The molecule has 0 radical (unpaired) electrons. The van der Waals surface area contributed by atoms with Gasteiger partial charge in [0.1, 0.15) is 5.82 Å². The van der Waals surface area contributed by atoms with Crippen LogP contribution in [-0.4, -0.2) is 0 Å². The summed E-state index contributed by atoms with van der Waals surface area (Å²) in [6, 6.07) is 15.0. The van der Waals surface area contributed by atoms with Crippen molar-refractivity contribution in [2.45, 2.75) is 26.3 Å². The zero-order valence-electron chi connectivity index (χ0n) is 10.8. The van der Waals surface area contributed by atoms with Crippen LogP contribution in [0.4, 0.5) is 10.1 Å². The van der Waals surface area contributed by atoms with Crippen LogP contribution in [0.3, 0.4) is 0 Å². The van der Waals surface area contributed by atoms with Gasteiger partial charge in [-0.2, -0.15) is 0 Å². The first kappa shape index (κ1) is 12.6. The quantitative estimate of drug-likeness (QED) is 0.830. The number of nitrogens with one attached hydrogen (secondary N) is 1. The number of hydrogen-bond acceptors (Lipinski definition) is 1. The lowest BCUT2D eigenvalue weighted by Gasteiger charge is -2.09. The van der Waals surface area contributed by atoms with E-state index in [-0.39, 0.29) is 5.82 Å². The third-order valence-electron chi connectivity index (χ3n) is 2.96. The Kier molecular flexibility index (Phi) is 3.98. The highest BCUT2D eigenvalue weighted by molar-refractivity contribution is 5.45. The Morgan fingerprint density at radius 1 is 1.06 bits per heavy atom. The van der Waals surface area contributed by atoms with Crippen LogP contribution in [0, 0.1) is 5.82 Å². The van der Waals surface area contributed by atoms with E-state index in [2.05, 4.69) is 43.4 Å². The fraction of sp³-hybridized carbons (Fsp3) is 0.250. The molecule has 0 heterocycles. The maximum Gasteiger partial charge on any atom is 0.123 e. The summed E-state index contributed by atoms with van der Waals surface area (Å²) in [4.78, 5) is 0. The lowest BCUT2D eigenvalue weighted by molar-refractivity contribution is 0.626. The van der Waals surface area contributed by atoms with Gasteiger partial charge < -0.3 is 5.32 Å². The van der Waals surface area contributed by atoms with E-state index in [9.17, 15) is 4.39 Å². The van der Waals surface area contributed by atoms with E-state index in [1.807, 2.05) is 6.07 Å². The Morgan fingerprint density at radius 3 is 2.39 bits per heavy atom. The van der Waals surface area contributed by atoms with Crippen LogP contribution >= 0.6 is 0 Å². The first-order valence-corrected chi connectivity index (χ1v) is 6.23. The molecule has 0 unspecified atom stereocenters. The molecular weight excluding hydrogens is 225 g/mol. The standard InChI is InChI=1S/C16H18FN/c1-12(2)14-6-8-16(9-7-14)18-11-13-4-3-5-15(17)10-13/h3-10,12,18H,11H2,1-2H3. The first-order chi connectivity index (χ1) is 8.65. The van der Waals surface area contributed by atoms with Crippen LogP contribution in [0.15, 0.2) is 48.5 Å². The highest BCUT2D eigenvalue weighted by atomic mass is 19.1. The Balaban J connectivity index is 1.98. The summed E-state index contributed by atoms with van der Waals surface area (Å²) in [5.74, 6) is 0.353. The Morgan fingerprint density at radius 2 is 1.78 bits per heavy atom. The minimum Gasteiger partial charge on any atom is -0.381 e. The van der Waals surface area contributed by atoms with Crippen molar-refractivity contribution in [3.63, 3.8) is 0 Å². The fourth-order valence-corrected chi connectivity index (χ4v) is 1.84. The van der Waals surface area contributed by atoms with Gasteiger partial charge in [0.2, 0.25) is 0 Å². The van der Waals surface area contributed by atoms with Crippen molar-refractivity contribution in [1.29, 1.82) is 0 Å². The van der Waals surface area contributed by atoms with Crippen molar-refractivity contribution < 1.29 is 4.39 Å². The summed E-state index contributed by atoms with van der Waals surface area (Å²) in [6.45, 7) is 4.99. The lowest BCUT2D eigenvalue weighted by Crippen LogP contribution is -1.99. The van der Waals surface area contributed by atoms with E-state index in [1.165, 1.54) is 11.6 Å². The monoisotopic (exact) mass is 243 g/mol. The van der Waals surface area contributed by atoms with Crippen molar-refractivity contribution >= 4 is 5.69 Å². The molecule has 0 atom stereocenters. The third kappa shape index (κ3) is 3.33. The second-order valence-corrected chi connectivity index (χ2v) is 4.76. The van der Waals surface area contributed by atoms with E-state index in [1.54, 1.807) is 12.1 Å². The number of halogens is 1. The second-order valence-electron chi connectivity index (χ2n) is 4.76. The van der Waals surface area contributed by atoms with Crippen LogP contribution in [-0.2, 0) is 6.54 Å². The van der Waals surface area contributed by atoms with Crippen LogP contribution in [0.25, 0.3) is 0 Å². The molecule has 0 amide bonds. The molecule has 0 saturated heterocycles. The average molecular weight is 243 g/mol. The van der Waals surface area contributed by atoms with E-state index in [0.717, 1.165) is 11.3 Å². The molecule has 0 spiro atoms. The summed E-state index contributed by atoms with van der Waals surface area (Å²) in [7, 11) is 0. The van der Waals surface area contributed by atoms with Crippen LogP contribution in [0.5, 0.6) is 0 Å². The number of rotatable bonds is 4. The number of anilines is 1. The molecule has 0 saturated carbocycles. The molecule has 2 aromatic rings. The molecule has 1 nitrogen and oxygen atoms in total. The van der Waals surface area contributed by atoms with Crippen molar-refractivity contribution in [1.82, 2.24) is 0 Å². The molecule has 1 N–H and O–H groups in total. The summed E-state index contributed by atoms with van der Waals surface area (Å²) < 4.78 is 13.0. The molecule has 2 heteroatoms. The smallest absolute Gasteiger partial charge is 0.123 e. The fourth-order valence-electron chi connectivity index (χ4n) is 1.84. The number of hydrogen-bond donors (Lipinski definition) is 1. The first-order valence-electron chi connectivity index (χ1n) is 6.23. The average Bonchev–Trinajstić information content (AvgIpc) is 2.37. The Bertz CT molecular complexity index is 503. The predicted octanol–water partition coefficient (Wildman–Crippen LogP) is 4.56. The molecule has 0 aliphatic heterocycles. The van der Waals surface area contributed by atoms with Gasteiger partial charge in [0.15, 0.2) is 0 Å². The topological polar surface area (TPSA) is 12.0 Å². The number of benzene rings is 2. The zero-order chi connectivity index (χ0) is 13.0. The summed E-state index contributed by atoms with van der Waals surface area (Å²) >= 11 is 0. The van der Waals surface area contributed by atoms with Crippen molar-refractivity contribution in [3.8, 4) is 0 Å². The van der Waals surface area contributed by atoms with Crippen LogP contribution in [0.2, 0.25) is 0 Å². The molecule has 0 bridgehead atoms. The summed E-state index contributed by atoms with van der Waals surface area (Å²) in [5, 5.41) is 3.29. The van der Waals surface area contributed by atoms with Crippen molar-refractivity contribution in [2.75, 3.05) is 5.32 Å². The van der Waals surface area contributed by atoms with Gasteiger partial charge in [-0.1, -0.05) is 38.1 Å². The highest BCUT2D eigenvalue weighted by Gasteiger charge is 1.99. The molecular formula is C16H18FN. The van der Waals surface area contributed by atoms with E-state index < -0.39 is 0 Å². The lowest BCUT2D eigenvalue weighted by atomic mass is 10.0. The molecule has 0 aliphatic carbocycles. The highest BCUT2D eigenvalue weighted by Crippen LogP contribution is 2.17. The third-order valence-corrected chi connectivity index (χ3v) is 2.96. The van der Waals surface area contributed by atoms with Gasteiger partial charge in [0, 0.05) is 12.2 Å². The van der Waals surface area contributed by atoms with E-state index >= 15 is 0 Å². The summed E-state index contributed by atoms with van der Waals surface area (Å²) in [5.41, 5.74) is 3.33. The van der Waals surface area contributed by atoms with E-state index in [0.29, 0.717) is 12.5 Å². The van der Waals surface area contributed by atoms with Crippen LogP contribution in [0.1, 0.15) is 30.9 Å². The van der Waals surface area contributed by atoms with Crippen LogP contribution < -0.4 is 5.32 Å². The van der Waals surface area contributed by atoms with Gasteiger partial charge in [-0.05, 0) is 41.3 Å². The largest absolute Gasteiger partial charge is 0.381 e. The molecule has 2 aromatic carbocycles. The van der Waals surface area contributed by atoms with Gasteiger partial charge in [-0.3, -0.25) is 0 Å². The minimum absolute atomic E-state index is 0.190. The Hall–Kier alpha value is -1.83. The summed E-state index contributed by atoms with van der Waals surface area (Å²) in [6.07, 6.45) is 0. The van der Waals surface area contributed by atoms with Crippen molar-refractivity contribution in [3.05, 3.63) is 65.5 Å². The van der Waals surface area contributed by atoms with Gasteiger partial charge in [-0.25, -0.2) is 4.39 Å². The maximum absolute atomic E-state index is 13.0. The van der Waals surface area contributed by atoms with Gasteiger partial charge in [0.05, 0.1) is 0 Å². The molecule has 0 fully saturated rings. The normalized spacial score (nSPS) is 10.7. The van der Waals surface area contributed by atoms with Gasteiger partial charge >= 0.3 is 0 Å². The zero-order valence-corrected chi connectivity index (χ0v) is 10.8. The molecule has 94 valence electrons. The minimum atomic E-state index is -0.190. The van der Waals surface area contributed by atoms with Gasteiger partial charge in [-0.15, -0.1) is 0 Å². The molecule has 2 rings (SSSR count). The second kappa shape index (κ2) is 5.67. The van der Waals surface area contributed by atoms with E-state index in [4.69, 9.17) is 0 Å². The SMILES string of the molecule is CC(C)c1ccc(NCc2cccc(F)c2)cc1. The van der Waals surface area contributed by atoms with Crippen molar-refractivity contribution in [2.24, 2.45) is 0 Å². The molecule has 0 aliphatic rings. The molecule has 18 heavy (non-hydrogen) atoms. The van der Waals surface area contributed by atoms with Gasteiger partial charge in [0.25, 0.3) is 0 Å². The Labute approximate surface area is 108 Å². The predicted molar refractivity (Wildman–Crippen MR) is 74.3 cm³/mol. The molecule has 0 aromatic heterocycles.